The first-order chi connectivity index (χ1) is 21.0. The number of anilines is 1. The summed E-state index contributed by atoms with van der Waals surface area (Å²) in [6.45, 7) is 0.746. The van der Waals surface area contributed by atoms with Crippen LogP contribution in [-0.4, -0.2) is 74.5 Å². The van der Waals surface area contributed by atoms with Gasteiger partial charge in [0.15, 0.2) is 23.0 Å². The Morgan fingerprint density at radius 2 is 1.77 bits per heavy atom. The Balaban J connectivity index is 1.64. The van der Waals surface area contributed by atoms with Crippen LogP contribution in [0.4, 0.5) is 5.69 Å². The predicted molar refractivity (Wildman–Crippen MR) is 159 cm³/mol. The van der Waals surface area contributed by atoms with Gasteiger partial charge in [0.1, 0.15) is 18.1 Å². The van der Waals surface area contributed by atoms with E-state index in [9.17, 15) is 9.59 Å². The molecule has 1 fully saturated rings. The number of para-hydroxylation sites is 2. The smallest absolute Gasteiger partial charge is 0.249 e. The van der Waals surface area contributed by atoms with Crippen molar-refractivity contribution < 1.29 is 33.3 Å². The average Bonchev–Trinajstić information content (AvgIpc) is 3.72. The molecule has 4 aromatic rings. The summed E-state index contributed by atoms with van der Waals surface area (Å²) in [6, 6.07) is 16.4. The monoisotopic (exact) mass is 589 g/mol. The van der Waals surface area contributed by atoms with Crippen LogP contribution >= 0.6 is 0 Å². The molecule has 226 valence electrons. The highest BCUT2D eigenvalue weighted by Crippen LogP contribution is 2.41. The number of carbonyl (C=O) groups is 2. The number of carbonyl (C=O) groups excluding carboxylic acids is 2. The molecular formula is C31H35N5O7. The van der Waals surface area contributed by atoms with Gasteiger partial charge in [-0.15, -0.1) is 5.10 Å². The summed E-state index contributed by atoms with van der Waals surface area (Å²) < 4.78 is 29.6. The number of amides is 2. The second-order valence-corrected chi connectivity index (χ2v) is 9.90. The number of rotatable bonds is 12. The first-order valence-electron chi connectivity index (χ1n) is 13.9. The molecule has 43 heavy (non-hydrogen) atoms. The highest BCUT2D eigenvalue weighted by molar-refractivity contribution is 6.02. The summed E-state index contributed by atoms with van der Waals surface area (Å²) >= 11 is 0. The lowest BCUT2D eigenvalue weighted by Crippen LogP contribution is -2.46. The third-order valence-corrected chi connectivity index (χ3v) is 7.38. The van der Waals surface area contributed by atoms with Crippen LogP contribution in [0.15, 0.2) is 60.7 Å². The molecule has 12 heteroatoms. The van der Waals surface area contributed by atoms with E-state index in [1.807, 2.05) is 24.3 Å². The molecule has 0 bridgehead atoms. The van der Waals surface area contributed by atoms with Crippen LogP contribution in [0.2, 0.25) is 0 Å². The molecule has 1 saturated heterocycles. The SMILES string of the molecule is COc1ccc(N(C(=O)Cn2nnc3ccccc32)[C@@H](C(=O)NC[C@@H]2CCCO2)c2cccc(OC)c2OC)cc1OC. The van der Waals surface area contributed by atoms with Gasteiger partial charge in [0.05, 0.1) is 40.1 Å². The Morgan fingerprint density at radius 3 is 2.49 bits per heavy atom. The number of aromatic nitrogens is 3. The summed E-state index contributed by atoms with van der Waals surface area (Å²) in [5.41, 5.74) is 2.15. The van der Waals surface area contributed by atoms with E-state index < -0.39 is 17.9 Å². The van der Waals surface area contributed by atoms with Crippen LogP contribution in [0, 0.1) is 0 Å². The van der Waals surface area contributed by atoms with Gasteiger partial charge >= 0.3 is 0 Å². The zero-order valence-corrected chi connectivity index (χ0v) is 24.6. The van der Waals surface area contributed by atoms with Gasteiger partial charge in [0.2, 0.25) is 11.8 Å². The largest absolute Gasteiger partial charge is 0.493 e. The maximum Gasteiger partial charge on any atom is 0.249 e. The van der Waals surface area contributed by atoms with Gasteiger partial charge in [-0.05, 0) is 43.2 Å². The molecule has 1 aliphatic rings. The molecule has 1 aliphatic heterocycles. The number of ether oxygens (including phenoxy) is 5. The Bertz CT molecular complexity index is 1580. The minimum absolute atomic E-state index is 0.108. The first-order valence-corrected chi connectivity index (χ1v) is 13.9. The van der Waals surface area contributed by atoms with Gasteiger partial charge in [-0.3, -0.25) is 14.5 Å². The van der Waals surface area contributed by atoms with E-state index in [1.165, 1.54) is 38.0 Å². The normalized spacial score (nSPS) is 15.1. The molecule has 1 N–H and O–H groups in total. The van der Waals surface area contributed by atoms with Crippen LogP contribution in [0.3, 0.4) is 0 Å². The van der Waals surface area contributed by atoms with E-state index in [0.29, 0.717) is 58.4 Å². The molecule has 0 aliphatic carbocycles. The van der Waals surface area contributed by atoms with E-state index in [4.69, 9.17) is 23.7 Å². The Morgan fingerprint density at radius 1 is 0.977 bits per heavy atom. The number of hydrogen-bond acceptors (Lipinski definition) is 9. The van der Waals surface area contributed by atoms with Crippen molar-refractivity contribution in [2.75, 3.05) is 46.5 Å². The summed E-state index contributed by atoms with van der Waals surface area (Å²) in [5.74, 6) is 0.753. The summed E-state index contributed by atoms with van der Waals surface area (Å²) in [4.78, 5) is 30.1. The van der Waals surface area contributed by atoms with Crippen molar-refractivity contribution in [1.29, 1.82) is 0 Å². The lowest BCUT2D eigenvalue weighted by Gasteiger charge is -2.33. The van der Waals surface area contributed by atoms with Crippen LogP contribution < -0.4 is 29.2 Å². The van der Waals surface area contributed by atoms with Crippen molar-refractivity contribution in [2.24, 2.45) is 0 Å². The lowest BCUT2D eigenvalue weighted by atomic mass is 10.0. The highest BCUT2D eigenvalue weighted by Gasteiger charge is 2.37. The van der Waals surface area contributed by atoms with Gasteiger partial charge in [0, 0.05) is 30.5 Å². The maximum absolute atomic E-state index is 14.4. The fourth-order valence-corrected chi connectivity index (χ4v) is 5.29. The molecule has 5 rings (SSSR count). The standard InChI is InChI=1S/C31H35N5O7/c1-39-25-15-14-20(17-27(25)41-3)36(28(37)19-35-24-12-6-5-11-23(24)33-34-35)29(31(38)32-18-21-9-8-16-43-21)22-10-7-13-26(40-2)30(22)42-4/h5-7,10-15,17,21,29H,8-9,16,18-19H2,1-4H3,(H,32,38)/t21-,29+/m0/s1. The molecule has 0 radical (unpaired) electrons. The molecule has 2 atom stereocenters. The number of nitrogens with one attached hydrogen (secondary N) is 1. The van der Waals surface area contributed by atoms with E-state index in [0.717, 1.165) is 12.8 Å². The van der Waals surface area contributed by atoms with Gasteiger partial charge in [0.25, 0.3) is 0 Å². The number of fused-ring (bicyclic) bond motifs is 1. The number of hydrogen-bond donors (Lipinski definition) is 1. The minimum atomic E-state index is -1.17. The third-order valence-electron chi connectivity index (χ3n) is 7.38. The molecule has 1 aromatic heterocycles. The number of benzene rings is 3. The third kappa shape index (κ3) is 6.19. The Hall–Kier alpha value is -4.84. The van der Waals surface area contributed by atoms with Crippen LogP contribution in [-0.2, 0) is 20.9 Å². The second-order valence-electron chi connectivity index (χ2n) is 9.90. The van der Waals surface area contributed by atoms with Crippen molar-refractivity contribution in [3.63, 3.8) is 0 Å². The molecule has 2 amide bonds. The van der Waals surface area contributed by atoms with Crippen LogP contribution in [0.5, 0.6) is 23.0 Å². The van der Waals surface area contributed by atoms with Crippen LogP contribution in [0.1, 0.15) is 24.4 Å². The average molecular weight is 590 g/mol. The van der Waals surface area contributed by atoms with E-state index in [2.05, 4.69) is 15.6 Å². The van der Waals surface area contributed by atoms with Gasteiger partial charge in [-0.25, -0.2) is 4.68 Å². The maximum atomic E-state index is 14.4. The lowest BCUT2D eigenvalue weighted by molar-refractivity contribution is -0.127. The minimum Gasteiger partial charge on any atom is -0.493 e. The molecule has 0 unspecified atom stereocenters. The fraction of sp³-hybridized carbons (Fsp3) is 0.355. The zero-order valence-electron chi connectivity index (χ0n) is 24.6. The molecule has 3 aromatic carbocycles. The number of methoxy groups -OCH3 is 4. The molecule has 12 nitrogen and oxygen atoms in total. The Kier molecular flexibility index (Phi) is 9.26. The molecule has 0 saturated carbocycles. The van der Waals surface area contributed by atoms with E-state index >= 15 is 0 Å². The topological polar surface area (TPSA) is 126 Å². The molecule has 0 spiro atoms. The Labute approximate surface area is 249 Å². The van der Waals surface area contributed by atoms with E-state index in [1.54, 1.807) is 36.4 Å². The van der Waals surface area contributed by atoms with Gasteiger partial charge < -0.3 is 29.0 Å². The van der Waals surface area contributed by atoms with E-state index in [-0.39, 0.29) is 12.6 Å². The summed E-state index contributed by atoms with van der Waals surface area (Å²) in [7, 11) is 6.04. The van der Waals surface area contributed by atoms with Crippen molar-refractivity contribution in [3.05, 3.63) is 66.2 Å². The second kappa shape index (κ2) is 13.4. The first kappa shape index (κ1) is 29.6. The number of nitrogens with zero attached hydrogens (tertiary/aromatic N) is 4. The highest BCUT2D eigenvalue weighted by atomic mass is 16.5. The van der Waals surface area contributed by atoms with Crippen molar-refractivity contribution in [1.82, 2.24) is 20.3 Å². The summed E-state index contributed by atoms with van der Waals surface area (Å²) in [6.07, 6.45) is 1.66. The molecule has 2 heterocycles. The van der Waals surface area contributed by atoms with Gasteiger partial charge in [-0.1, -0.05) is 29.5 Å². The van der Waals surface area contributed by atoms with Crippen molar-refractivity contribution in [3.8, 4) is 23.0 Å². The summed E-state index contributed by atoms with van der Waals surface area (Å²) in [5, 5.41) is 11.4. The zero-order chi connectivity index (χ0) is 30.3. The van der Waals surface area contributed by atoms with Gasteiger partial charge in [-0.2, -0.15) is 0 Å². The predicted octanol–water partition coefficient (Wildman–Crippen LogP) is 3.54. The quantitative estimate of drug-likeness (QED) is 0.264. The fourth-order valence-electron chi connectivity index (χ4n) is 5.29. The van der Waals surface area contributed by atoms with Crippen molar-refractivity contribution in [2.45, 2.75) is 31.5 Å². The van der Waals surface area contributed by atoms with Crippen LogP contribution in [0.25, 0.3) is 11.0 Å². The van der Waals surface area contributed by atoms with Crippen molar-refractivity contribution >= 4 is 28.5 Å². The molecular weight excluding hydrogens is 554 g/mol.